The van der Waals surface area contributed by atoms with E-state index in [1.165, 1.54) is 38.9 Å². The minimum absolute atomic E-state index is 0.545. The van der Waals surface area contributed by atoms with Crippen molar-refractivity contribution in [2.75, 3.05) is 25.0 Å². The molecule has 0 spiro atoms. The van der Waals surface area contributed by atoms with E-state index in [1.54, 1.807) is 0 Å². The molecule has 0 aliphatic carbocycles. The number of nitrogens with zero attached hydrogens (tertiary/aromatic N) is 2. The van der Waals surface area contributed by atoms with Crippen LogP contribution in [-0.2, 0) is 0 Å². The van der Waals surface area contributed by atoms with E-state index in [0.29, 0.717) is 6.04 Å². The van der Waals surface area contributed by atoms with Crippen molar-refractivity contribution in [2.24, 2.45) is 0 Å². The number of rotatable bonds is 4. The van der Waals surface area contributed by atoms with Crippen LogP contribution in [0.2, 0.25) is 0 Å². The second-order valence-corrected chi connectivity index (χ2v) is 6.51. The van der Waals surface area contributed by atoms with Crippen LogP contribution < -0.4 is 5.32 Å². The highest BCUT2D eigenvalue weighted by atomic mass is 79.9. The average molecular weight is 377 g/mol. The molecule has 1 N–H and O–H groups in total. The molecule has 2 rings (SSSR count). The lowest BCUT2D eigenvalue weighted by Gasteiger charge is -2.32. The van der Waals surface area contributed by atoms with Crippen LogP contribution in [0.25, 0.3) is 0 Å². The molecule has 0 radical (unpaired) electrons. The summed E-state index contributed by atoms with van der Waals surface area (Å²) in [6, 6.07) is 2.57. The summed E-state index contributed by atoms with van der Waals surface area (Å²) >= 11 is 6.96. The Kier molecular flexibility index (Phi) is 5.45. The van der Waals surface area contributed by atoms with E-state index in [4.69, 9.17) is 0 Å². The molecule has 1 aromatic heterocycles. The summed E-state index contributed by atoms with van der Waals surface area (Å²) in [5.41, 5.74) is 0. The minimum atomic E-state index is 0.545. The second-order valence-electron chi connectivity index (χ2n) is 4.74. The van der Waals surface area contributed by atoms with Gasteiger partial charge in [0, 0.05) is 29.8 Å². The Morgan fingerprint density at radius 2 is 2.11 bits per heavy atom. The fourth-order valence-corrected chi connectivity index (χ4v) is 3.43. The fraction of sp³-hybridized carbons (Fsp3) is 0.615. The van der Waals surface area contributed by atoms with E-state index in [9.17, 15) is 0 Å². The Bertz CT molecular complexity index is 390. The number of pyridine rings is 1. The summed E-state index contributed by atoms with van der Waals surface area (Å²) in [5.74, 6) is 0.951. The maximum Gasteiger partial charge on any atom is 0.140 e. The van der Waals surface area contributed by atoms with Crippen molar-refractivity contribution < 1.29 is 0 Å². The first-order valence-electron chi connectivity index (χ1n) is 6.49. The van der Waals surface area contributed by atoms with Gasteiger partial charge in [-0.05, 0) is 63.7 Å². The lowest BCUT2D eigenvalue weighted by Crippen LogP contribution is -2.39. The molecule has 5 heteroatoms. The largest absolute Gasteiger partial charge is 0.366 e. The summed E-state index contributed by atoms with van der Waals surface area (Å²) in [7, 11) is 0. The molecule has 0 aromatic carbocycles. The number of piperidine rings is 1. The van der Waals surface area contributed by atoms with Gasteiger partial charge in [-0.2, -0.15) is 0 Å². The van der Waals surface area contributed by atoms with E-state index >= 15 is 0 Å². The first kappa shape index (κ1) is 14.3. The van der Waals surface area contributed by atoms with Crippen LogP contribution in [0.4, 0.5) is 5.82 Å². The molecule has 0 amide bonds. The van der Waals surface area contributed by atoms with Gasteiger partial charge in [-0.1, -0.05) is 6.92 Å². The first-order valence-corrected chi connectivity index (χ1v) is 8.07. The average Bonchev–Trinajstić information content (AvgIpc) is 2.35. The van der Waals surface area contributed by atoms with Crippen molar-refractivity contribution in [3.63, 3.8) is 0 Å². The monoisotopic (exact) mass is 375 g/mol. The van der Waals surface area contributed by atoms with E-state index < -0.39 is 0 Å². The molecule has 0 atom stereocenters. The quantitative estimate of drug-likeness (QED) is 0.863. The number of hydrogen-bond acceptors (Lipinski definition) is 3. The van der Waals surface area contributed by atoms with Crippen molar-refractivity contribution in [3.05, 3.63) is 21.2 Å². The van der Waals surface area contributed by atoms with E-state index in [1.807, 2.05) is 12.3 Å². The van der Waals surface area contributed by atoms with Gasteiger partial charge in [0.25, 0.3) is 0 Å². The van der Waals surface area contributed by atoms with Crippen LogP contribution in [0.15, 0.2) is 21.2 Å². The standard InChI is InChI=1S/C13H19Br2N3/c1-2-5-18-6-3-11(4-7-18)17-13-12(15)8-10(14)9-16-13/h8-9,11H,2-7H2,1H3,(H,16,17). The maximum atomic E-state index is 4.41. The van der Waals surface area contributed by atoms with Gasteiger partial charge in [-0.15, -0.1) is 0 Å². The maximum absolute atomic E-state index is 4.41. The molecule has 0 saturated carbocycles. The van der Waals surface area contributed by atoms with Crippen molar-refractivity contribution in [3.8, 4) is 0 Å². The van der Waals surface area contributed by atoms with Crippen LogP contribution in [0.1, 0.15) is 26.2 Å². The number of aromatic nitrogens is 1. The predicted molar refractivity (Wildman–Crippen MR) is 83.0 cm³/mol. The van der Waals surface area contributed by atoms with E-state index in [2.05, 4.69) is 54.0 Å². The highest BCUT2D eigenvalue weighted by Gasteiger charge is 2.19. The Morgan fingerprint density at radius 1 is 1.39 bits per heavy atom. The third-order valence-corrected chi connectivity index (χ3v) is 4.31. The molecule has 0 unspecified atom stereocenters. The predicted octanol–water partition coefficient (Wildman–Crippen LogP) is 3.89. The summed E-state index contributed by atoms with van der Waals surface area (Å²) in [6.45, 7) is 5.86. The van der Waals surface area contributed by atoms with Crippen LogP contribution in [0.5, 0.6) is 0 Å². The molecule has 1 saturated heterocycles. The van der Waals surface area contributed by atoms with Gasteiger partial charge >= 0.3 is 0 Å². The molecular formula is C13H19Br2N3. The SMILES string of the molecule is CCCN1CCC(Nc2ncc(Br)cc2Br)CC1. The van der Waals surface area contributed by atoms with Gasteiger partial charge in [0.15, 0.2) is 0 Å². The zero-order valence-corrected chi connectivity index (χ0v) is 13.8. The number of anilines is 1. The molecule has 1 fully saturated rings. The van der Waals surface area contributed by atoms with Crippen LogP contribution >= 0.6 is 31.9 Å². The number of hydrogen-bond donors (Lipinski definition) is 1. The Morgan fingerprint density at radius 3 is 2.72 bits per heavy atom. The molecule has 2 heterocycles. The van der Waals surface area contributed by atoms with Crippen LogP contribution in [0.3, 0.4) is 0 Å². The molecule has 1 aromatic rings. The highest BCUT2D eigenvalue weighted by molar-refractivity contribution is 9.11. The molecule has 0 bridgehead atoms. The third-order valence-electron chi connectivity index (χ3n) is 3.28. The first-order chi connectivity index (χ1) is 8.69. The highest BCUT2D eigenvalue weighted by Crippen LogP contribution is 2.25. The van der Waals surface area contributed by atoms with Crippen molar-refractivity contribution in [1.82, 2.24) is 9.88 Å². The lowest BCUT2D eigenvalue weighted by atomic mass is 10.0. The van der Waals surface area contributed by atoms with E-state index in [-0.39, 0.29) is 0 Å². The summed E-state index contributed by atoms with van der Waals surface area (Å²) in [6.07, 6.45) is 5.48. The Labute approximate surface area is 126 Å². The molecule has 18 heavy (non-hydrogen) atoms. The number of likely N-dealkylation sites (tertiary alicyclic amines) is 1. The van der Waals surface area contributed by atoms with Crippen molar-refractivity contribution >= 4 is 37.7 Å². The lowest BCUT2D eigenvalue weighted by molar-refractivity contribution is 0.219. The van der Waals surface area contributed by atoms with Gasteiger partial charge in [0.05, 0.1) is 4.47 Å². The van der Waals surface area contributed by atoms with Gasteiger partial charge in [0.2, 0.25) is 0 Å². The van der Waals surface area contributed by atoms with E-state index in [0.717, 1.165) is 14.8 Å². The van der Waals surface area contributed by atoms with Crippen molar-refractivity contribution in [1.29, 1.82) is 0 Å². The number of halogens is 2. The Hall–Kier alpha value is -0.130. The van der Waals surface area contributed by atoms with Crippen LogP contribution in [-0.4, -0.2) is 35.6 Å². The van der Waals surface area contributed by atoms with Crippen molar-refractivity contribution in [2.45, 2.75) is 32.2 Å². The summed E-state index contributed by atoms with van der Waals surface area (Å²) < 4.78 is 2.02. The van der Waals surface area contributed by atoms with Gasteiger partial charge < -0.3 is 10.2 Å². The third kappa shape index (κ3) is 3.93. The molecule has 3 nitrogen and oxygen atoms in total. The van der Waals surface area contributed by atoms with Gasteiger partial charge in [0.1, 0.15) is 5.82 Å². The van der Waals surface area contributed by atoms with Gasteiger partial charge in [-0.3, -0.25) is 0 Å². The smallest absolute Gasteiger partial charge is 0.140 e. The summed E-state index contributed by atoms with van der Waals surface area (Å²) in [5, 5.41) is 3.53. The van der Waals surface area contributed by atoms with Gasteiger partial charge in [-0.25, -0.2) is 4.98 Å². The zero-order chi connectivity index (χ0) is 13.0. The Balaban J connectivity index is 1.87. The van der Waals surface area contributed by atoms with Crippen LogP contribution in [0, 0.1) is 0 Å². The molecular weight excluding hydrogens is 358 g/mol. The number of nitrogens with one attached hydrogen (secondary N) is 1. The minimum Gasteiger partial charge on any atom is -0.366 e. The fourth-order valence-electron chi connectivity index (χ4n) is 2.33. The zero-order valence-electron chi connectivity index (χ0n) is 10.6. The normalized spacial score (nSPS) is 17.9. The topological polar surface area (TPSA) is 28.2 Å². The molecule has 1 aliphatic rings. The molecule has 1 aliphatic heterocycles. The summed E-state index contributed by atoms with van der Waals surface area (Å²) in [4.78, 5) is 6.95. The molecule has 100 valence electrons. The second kappa shape index (κ2) is 6.87.